The molecule has 2 saturated heterocycles. The van der Waals surface area contributed by atoms with Crippen LogP contribution in [0, 0.1) is 5.92 Å². The topological polar surface area (TPSA) is 69.8 Å². The van der Waals surface area contributed by atoms with Gasteiger partial charge in [0.1, 0.15) is 0 Å². The highest BCUT2D eigenvalue weighted by Crippen LogP contribution is 2.33. The first kappa shape index (κ1) is 11.0. The predicted molar refractivity (Wildman–Crippen MR) is 72.8 cm³/mol. The van der Waals surface area contributed by atoms with E-state index in [9.17, 15) is 4.79 Å². The average molecular weight is 256 g/mol. The number of hydrogen-bond acceptors (Lipinski definition) is 3. The molecule has 3 heterocycles. The Balaban J connectivity index is 1.53. The van der Waals surface area contributed by atoms with Gasteiger partial charge in [0.05, 0.1) is 17.0 Å². The molecule has 98 valence electrons. The second-order valence-corrected chi connectivity index (χ2v) is 5.48. The molecule has 2 fully saturated rings. The highest BCUT2D eigenvalue weighted by molar-refractivity contribution is 5.93. The van der Waals surface area contributed by atoms with Crippen LogP contribution in [0.25, 0.3) is 11.0 Å². The molecule has 2 bridgehead atoms. The van der Waals surface area contributed by atoms with E-state index in [1.807, 2.05) is 24.3 Å². The number of fused-ring (bicyclic) bond motifs is 3. The van der Waals surface area contributed by atoms with E-state index in [-0.39, 0.29) is 11.8 Å². The first-order valence-corrected chi connectivity index (χ1v) is 6.81. The fourth-order valence-corrected chi connectivity index (χ4v) is 3.34. The van der Waals surface area contributed by atoms with Gasteiger partial charge in [-0.25, -0.2) is 4.98 Å². The second-order valence-electron chi connectivity index (χ2n) is 5.48. The summed E-state index contributed by atoms with van der Waals surface area (Å²) in [4.78, 5) is 19.8. The molecule has 1 aromatic heterocycles. The van der Waals surface area contributed by atoms with Crippen molar-refractivity contribution in [3.63, 3.8) is 0 Å². The number of benzene rings is 1. The lowest BCUT2D eigenvalue weighted by Gasteiger charge is -2.18. The Morgan fingerprint density at radius 2 is 2.21 bits per heavy atom. The quantitative estimate of drug-likeness (QED) is 0.765. The Bertz CT molecular complexity index is 602. The van der Waals surface area contributed by atoms with E-state index < -0.39 is 0 Å². The first-order chi connectivity index (χ1) is 9.29. The van der Waals surface area contributed by atoms with Crippen LogP contribution in [0.4, 0.5) is 5.95 Å². The largest absolute Gasteiger partial charge is 0.324 e. The number of aromatic nitrogens is 2. The third-order valence-electron chi connectivity index (χ3n) is 4.27. The zero-order chi connectivity index (χ0) is 12.8. The maximum Gasteiger partial charge on any atom is 0.231 e. The zero-order valence-corrected chi connectivity index (χ0v) is 10.5. The number of rotatable bonds is 2. The molecule has 4 rings (SSSR count). The van der Waals surface area contributed by atoms with Crippen molar-refractivity contribution < 1.29 is 4.79 Å². The minimum Gasteiger partial charge on any atom is -0.324 e. The van der Waals surface area contributed by atoms with Crippen molar-refractivity contribution in [2.24, 2.45) is 5.92 Å². The number of aromatic amines is 1. The molecule has 3 unspecified atom stereocenters. The fraction of sp³-hybridized carbons (Fsp3) is 0.429. The third-order valence-corrected chi connectivity index (χ3v) is 4.27. The Morgan fingerprint density at radius 1 is 1.32 bits per heavy atom. The van der Waals surface area contributed by atoms with Crippen molar-refractivity contribution in [2.75, 3.05) is 5.32 Å². The maximum atomic E-state index is 12.3. The van der Waals surface area contributed by atoms with Gasteiger partial charge in [0, 0.05) is 12.1 Å². The number of para-hydroxylation sites is 2. The standard InChI is InChI=1S/C14H16N4O/c19-13(9-7-8-5-6-10(9)15-8)18-14-16-11-3-1-2-4-12(11)17-14/h1-4,8-10,15H,5-7H2,(H2,16,17,18,19). The summed E-state index contributed by atoms with van der Waals surface area (Å²) in [5, 5.41) is 6.39. The summed E-state index contributed by atoms with van der Waals surface area (Å²) in [6, 6.07) is 8.67. The number of H-pyrrole nitrogens is 1. The molecule has 1 aromatic carbocycles. The van der Waals surface area contributed by atoms with Crippen LogP contribution < -0.4 is 10.6 Å². The summed E-state index contributed by atoms with van der Waals surface area (Å²) in [5.74, 6) is 0.722. The number of carbonyl (C=O) groups is 1. The number of nitrogens with one attached hydrogen (secondary N) is 3. The van der Waals surface area contributed by atoms with Crippen LogP contribution >= 0.6 is 0 Å². The molecule has 5 nitrogen and oxygen atoms in total. The van der Waals surface area contributed by atoms with Gasteiger partial charge in [-0.2, -0.15) is 0 Å². The minimum atomic E-state index is 0.0822. The summed E-state index contributed by atoms with van der Waals surface area (Å²) in [5.41, 5.74) is 1.83. The molecule has 0 spiro atoms. The van der Waals surface area contributed by atoms with Gasteiger partial charge in [-0.1, -0.05) is 12.1 Å². The smallest absolute Gasteiger partial charge is 0.231 e. The number of nitrogens with zero attached hydrogens (tertiary/aromatic N) is 1. The van der Waals surface area contributed by atoms with Gasteiger partial charge in [-0.3, -0.25) is 10.1 Å². The number of imidazole rings is 1. The average Bonchev–Trinajstić information content (AvgIpc) is 3.12. The van der Waals surface area contributed by atoms with E-state index in [2.05, 4.69) is 20.6 Å². The van der Waals surface area contributed by atoms with Crippen LogP contribution in [0.1, 0.15) is 19.3 Å². The van der Waals surface area contributed by atoms with E-state index in [1.165, 1.54) is 6.42 Å². The second kappa shape index (κ2) is 4.06. The van der Waals surface area contributed by atoms with Gasteiger partial charge in [0.25, 0.3) is 0 Å². The van der Waals surface area contributed by atoms with E-state index in [0.29, 0.717) is 18.0 Å². The molecular weight excluding hydrogens is 240 g/mol. The van der Waals surface area contributed by atoms with Crippen LogP contribution in [-0.4, -0.2) is 28.0 Å². The Kier molecular flexibility index (Phi) is 2.35. The molecule has 3 atom stereocenters. The van der Waals surface area contributed by atoms with E-state index in [0.717, 1.165) is 23.9 Å². The predicted octanol–water partition coefficient (Wildman–Crippen LogP) is 1.64. The van der Waals surface area contributed by atoms with Gasteiger partial charge in [0.15, 0.2) is 0 Å². The van der Waals surface area contributed by atoms with Crippen molar-refractivity contribution in [1.82, 2.24) is 15.3 Å². The molecule has 0 saturated carbocycles. The molecule has 3 N–H and O–H groups in total. The molecule has 2 aliphatic heterocycles. The minimum absolute atomic E-state index is 0.0822. The van der Waals surface area contributed by atoms with Crippen molar-refractivity contribution in [1.29, 1.82) is 0 Å². The maximum absolute atomic E-state index is 12.3. The molecule has 5 heteroatoms. The fourth-order valence-electron chi connectivity index (χ4n) is 3.34. The van der Waals surface area contributed by atoms with Gasteiger partial charge < -0.3 is 10.3 Å². The van der Waals surface area contributed by atoms with Crippen molar-refractivity contribution in [3.8, 4) is 0 Å². The van der Waals surface area contributed by atoms with Crippen molar-refractivity contribution >= 4 is 22.9 Å². The molecule has 2 aromatic rings. The molecule has 1 amide bonds. The lowest BCUT2D eigenvalue weighted by molar-refractivity contribution is -0.120. The zero-order valence-electron chi connectivity index (χ0n) is 10.5. The molecule has 0 aliphatic carbocycles. The van der Waals surface area contributed by atoms with E-state index in [1.54, 1.807) is 0 Å². The molecule has 0 radical (unpaired) electrons. The van der Waals surface area contributed by atoms with Crippen molar-refractivity contribution in [2.45, 2.75) is 31.3 Å². The first-order valence-electron chi connectivity index (χ1n) is 6.81. The third kappa shape index (κ3) is 1.81. The Morgan fingerprint density at radius 3 is 2.95 bits per heavy atom. The van der Waals surface area contributed by atoms with Gasteiger partial charge >= 0.3 is 0 Å². The van der Waals surface area contributed by atoms with Gasteiger partial charge in [-0.15, -0.1) is 0 Å². The summed E-state index contributed by atoms with van der Waals surface area (Å²) in [6.45, 7) is 0. The number of hydrogen-bond donors (Lipinski definition) is 3. The van der Waals surface area contributed by atoms with E-state index in [4.69, 9.17) is 0 Å². The van der Waals surface area contributed by atoms with Crippen LogP contribution in [0.5, 0.6) is 0 Å². The monoisotopic (exact) mass is 256 g/mol. The lowest BCUT2D eigenvalue weighted by atomic mass is 9.88. The lowest BCUT2D eigenvalue weighted by Crippen LogP contribution is -2.33. The summed E-state index contributed by atoms with van der Waals surface area (Å²) in [6.07, 6.45) is 3.28. The highest BCUT2D eigenvalue weighted by atomic mass is 16.2. The summed E-state index contributed by atoms with van der Waals surface area (Å²) >= 11 is 0. The number of anilines is 1. The molecule has 2 aliphatic rings. The number of carbonyl (C=O) groups excluding carboxylic acids is 1. The summed E-state index contributed by atoms with van der Waals surface area (Å²) in [7, 11) is 0. The summed E-state index contributed by atoms with van der Waals surface area (Å²) < 4.78 is 0. The number of amides is 1. The van der Waals surface area contributed by atoms with Gasteiger partial charge in [0.2, 0.25) is 11.9 Å². The van der Waals surface area contributed by atoms with Crippen LogP contribution in [0.3, 0.4) is 0 Å². The highest BCUT2D eigenvalue weighted by Gasteiger charge is 2.42. The van der Waals surface area contributed by atoms with Crippen molar-refractivity contribution in [3.05, 3.63) is 24.3 Å². The molecule has 19 heavy (non-hydrogen) atoms. The van der Waals surface area contributed by atoms with Crippen LogP contribution in [-0.2, 0) is 4.79 Å². The van der Waals surface area contributed by atoms with Crippen LogP contribution in [0.2, 0.25) is 0 Å². The van der Waals surface area contributed by atoms with E-state index >= 15 is 0 Å². The van der Waals surface area contributed by atoms with Crippen LogP contribution in [0.15, 0.2) is 24.3 Å². The normalized spacial score (nSPS) is 28.9. The SMILES string of the molecule is O=C(Nc1nc2ccccc2[nH]1)C1CC2CCC1N2. The van der Waals surface area contributed by atoms with Gasteiger partial charge in [-0.05, 0) is 31.4 Å². The Hall–Kier alpha value is -1.88. The molecular formula is C14H16N4O. The Labute approximate surface area is 110 Å².